The Labute approximate surface area is 108 Å². The van der Waals surface area contributed by atoms with Crippen LogP contribution in [0.3, 0.4) is 0 Å². The van der Waals surface area contributed by atoms with Gasteiger partial charge in [0.25, 0.3) is 0 Å². The maximum atomic E-state index is 5.69. The molecule has 0 saturated carbocycles. The first-order chi connectivity index (χ1) is 7.32. The molecule has 1 aromatic heterocycles. The number of hydrogen-bond donors (Lipinski definition) is 0. The van der Waals surface area contributed by atoms with E-state index in [9.17, 15) is 0 Å². The lowest BCUT2D eigenvalue weighted by molar-refractivity contribution is 0.308. The summed E-state index contributed by atoms with van der Waals surface area (Å²) in [7, 11) is -0.657. The van der Waals surface area contributed by atoms with E-state index in [1.54, 1.807) is 0 Å². The molecule has 1 heterocycles. The van der Waals surface area contributed by atoms with Crippen LogP contribution in [0.2, 0.25) is 13.1 Å². The third-order valence-electron chi connectivity index (χ3n) is 2.27. The van der Waals surface area contributed by atoms with E-state index in [0.29, 0.717) is 6.61 Å². The number of rotatable bonds is 3. The second-order valence-electron chi connectivity index (χ2n) is 5.07. The predicted octanol–water partition coefficient (Wildman–Crippen LogP) is 3.91. The van der Waals surface area contributed by atoms with E-state index in [4.69, 9.17) is 4.43 Å². The molecule has 0 N–H and O–H groups in total. The Morgan fingerprint density at radius 1 is 1.38 bits per heavy atom. The molecule has 0 fully saturated rings. The first-order valence-corrected chi connectivity index (χ1v) is 8.59. The predicted molar refractivity (Wildman–Crippen MR) is 72.9 cm³/mol. The highest BCUT2D eigenvalue weighted by molar-refractivity contribution is 9.10. The summed E-state index contributed by atoms with van der Waals surface area (Å²) in [5.41, 5.74) is 2.41. The van der Waals surface area contributed by atoms with E-state index in [1.807, 2.05) is 6.20 Å². The van der Waals surface area contributed by atoms with Gasteiger partial charge in [0.15, 0.2) is 0 Å². The molecular formula is C12H19BrNOSi. The fourth-order valence-corrected chi connectivity index (χ4v) is 2.75. The summed E-state index contributed by atoms with van der Waals surface area (Å²) in [4.78, 5) is 4.37. The number of hydrogen-bond acceptors (Lipinski definition) is 2. The fourth-order valence-electron chi connectivity index (χ4n) is 1.38. The summed E-state index contributed by atoms with van der Waals surface area (Å²) in [6.45, 7) is 11.5. The van der Waals surface area contributed by atoms with Gasteiger partial charge in [-0.05, 0) is 46.1 Å². The molecule has 1 aromatic rings. The molecule has 0 bridgehead atoms. The quantitative estimate of drug-likeness (QED) is 0.790. The summed E-state index contributed by atoms with van der Waals surface area (Å²) >= 11 is 3.64. The first-order valence-electron chi connectivity index (χ1n) is 5.39. The van der Waals surface area contributed by atoms with Gasteiger partial charge >= 0.3 is 0 Å². The zero-order valence-corrected chi connectivity index (χ0v) is 13.2. The van der Waals surface area contributed by atoms with E-state index in [-0.39, 0.29) is 5.41 Å². The molecule has 0 aliphatic carbocycles. The molecular weight excluding hydrogens is 282 g/mol. The summed E-state index contributed by atoms with van der Waals surface area (Å²) in [6, 6.07) is 2.07. The highest BCUT2D eigenvalue weighted by atomic mass is 79.9. The lowest BCUT2D eigenvalue weighted by Crippen LogP contribution is -2.15. The van der Waals surface area contributed by atoms with Gasteiger partial charge in [-0.2, -0.15) is 0 Å². The molecule has 0 saturated heterocycles. The van der Waals surface area contributed by atoms with Crippen LogP contribution in [0.5, 0.6) is 0 Å². The van der Waals surface area contributed by atoms with Crippen molar-refractivity contribution in [2.24, 2.45) is 0 Å². The van der Waals surface area contributed by atoms with Gasteiger partial charge in [0.05, 0.1) is 12.3 Å². The van der Waals surface area contributed by atoms with Crippen molar-refractivity contribution in [1.29, 1.82) is 0 Å². The third kappa shape index (κ3) is 3.68. The number of halogens is 1. The van der Waals surface area contributed by atoms with Crippen molar-refractivity contribution in [2.75, 3.05) is 0 Å². The topological polar surface area (TPSA) is 22.1 Å². The van der Waals surface area contributed by atoms with Crippen LogP contribution in [0.25, 0.3) is 0 Å². The normalized spacial score (nSPS) is 12.2. The molecule has 0 aromatic carbocycles. The van der Waals surface area contributed by atoms with Crippen molar-refractivity contribution in [3.63, 3.8) is 0 Å². The van der Waals surface area contributed by atoms with Crippen molar-refractivity contribution in [2.45, 2.75) is 45.9 Å². The smallest absolute Gasteiger partial charge is 0.205 e. The van der Waals surface area contributed by atoms with Gasteiger partial charge in [-0.1, -0.05) is 20.8 Å². The standard InChI is InChI=1S/C12H19BrNOSi/c1-12(2,3)9-6-7-14-10(11(9)13)8-15-16(4)5/h6-7H,8H2,1-5H3. The molecule has 0 unspecified atom stereocenters. The van der Waals surface area contributed by atoms with Crippen molar-refractivity contribution in [1.82, 2.24) is 4.98 Å². The Morgan fingerprint density at radius 2 is 2.00 bits per heavy atom. The lowest BCUT2D eigenvalue weighted by atomic mass is 9.87. The molecule has 0 atom stereocenters. The van der Waals surface area contributed by atoms with Gasteiger partial charge in [0.1, 0.15) is 0 Å². The lowest BCUT2D eigenvalue weighted by Gasteiger charge is -2.22. The molecule has 0 spiro atoms. The summed E-state index contributed by atoms with van der Waals surface area (Å²) < 4.78 is 6.77. The minimum atomic E-state index is -0.657. The molecule has 89 valence electrons. The minimum absolute atomic E-state index is 0.128. The summed E-state index contributed by atoms with van der Waals surface area (Å²) in [6.07, 6.45) is 1.86. The van der Waals surface area contributed by atoms with E-state index in [2.05, 4.69) is 60.8 Å². The maximum Gasteiger partial charge on any atom is 0.205 e. The SMILES string of the molecule is C[Si](C)OCc1nccc(C(C)(C)C)c1Br. The van der Waals surface area contributed by atoms with Gasteiger partial charge in [-0.15, -0.1) is 0 Å². The van der Waals surface area contributed by atoms with Crippen LogP contribution < -0.4 is 0 Å². The molecule has 1 radical (unpaired) electrons. The molecule has 0 aliphatic heterocycles. The molecule has 0 aliphatic rings. The number of aromatic nitrogens is 1. The average molecular weight is 301 g/mol. The molecule has 0 amide bonds. The molecule has 4 heteroatoms. The van der Waals surface area contributed by atoms with Gasteiger partial charge in [0.2, 0.25) is 9.04 Å². The highest BCUT2D eigenvalue weighted by Gasteiger charge is 2.19. The second kappa shape index (κ2) is 5.43. The van der Waals surface area contributed by atoms with Crippen LogP contribution in [0.15, 0.2) is 16.7 Å². The van der Waals surface area contributed by atoms with Crippen LogP contribution >= 0.6 is 15.9 Å². The van der Waals surface area contributed by atoms with Crippen molar-refractivity contribution in [3.8, 4) is 0 Å². The summed E-state index contributed by atoms with van der Waals surface area (Å²) in [5, 5.41) is 0. The van der Waals surface area contributed by atoms with E-state index >= 15 is 0 Å². The Hall–Kier alpha value is -0.193. The Morgan fingerprint density at radius 3 is 2.50 bits per heavy atom. The molecule has 1 rings (SSSR count). The van der Waals surface area contributed by atoms with Crippen LogP contribution in [0.4, 0.5) is 0 Å². The van der Waals surface area contributed by atoms with Crippen LogP contribution in [0.1, 0.15) is 32.0 Å². The largest absolute Gasteiger partial charge is 0.411 e. The monoisotopic (exact) mass is 300 g/mol. The fraction of sp³-hybridized carbons (Fsp3) is 0.583. The Bertz CT molecular complexity index is 361. The van der Waals surface area contributed by atoms with Crippen LogP contribution in [-0.4, -0.2) is 14.0 Å². The van der Waals surface area contributed by atoms with Gasteiger partial charge < -0.3 is 4.43 Å². The van der Waals surface area contributed by atoms with Crippen molar-refractivity contribution >= 4 is 25.0 Å². The Kier molecular flexibility index (Phi) is 4.70. The van der Waals surface area contributed by atoms with Gasteiger partial charge in [-0.3, -0.25) is 4.98 Å². The zero-order valence-electron chi connectivity index (χ0n) is 10.6. The second-order valence-corrected chi connectivity index (χ2v) is 7.96. The maximum absolute atomic E-state index is 5.69. The minimum Gasteiger partial charge on any atom is -0.411 e. The van der Waals surface area contributed by atoms with Crippen molar-refractivity contribution < 1.29 is 4.43 Å². The molecule has 2 nitrogen and oxygen atoms in total. The highest BCUT2D eigenvalue weighted by Crippen LogP contribution is 2.31. The number of nitrogens with zero attached hydrogens (tertiary/aromatic N) is 1. The average Bonchev–Trinajstić information content (AvgIpc) is 2.14. The van der Waals surface area contributed by atoms with Gasteiger partial charge in [0, 0.05) is 10.7 Å². The Balaban J connectivity index is 2.96. The first kappa shape index (κ1) is 13.9. The van der Waals surface area contributed by atoms with Gasteiger partial charge in [-0.25, -0.2) is 0 Å². The van der Waals surface area contributed by atoms with Crippen LogP contribution in [0, 0.1) is 0 Å². The number of pyridine rings is 1. The molecule has 16 heavy (non-hydrogen) atoms. The van der Waals surface area contributed by atoms with E-state index in [1.165, 1.54) is 5.56 Å². The van der Waals surface area contributed by atoms with Crippen molar-refractivity contribution in [3.05, 3.63) is 28.0 Å². The van der Waals surface area contributed by atoms with Crippen LogP contribution in [-0.2, 0) is 16.4 Å². The summed E-state index contributed by atoms with van der Waals surface area (Å²) in [5.74, 6) is 0. The van der Waals surface area contributed by atoms with E-state index in [0.717, 1.165) is 10.2 Å². The van der Waals surface area contributed by atoms with E-state index < -0.39 is 9.04 Å². The zero-order chi connectivity index (χ0) is 12.3. The third-order valence-corrected chi connectivity index (χ3v) is 3.87.